The van der Waals surface area contributed by atoms with Crippen LogP contribution in [0.15, 0.2) is 41.8 Å². The van der Waals surface area contributed by atoms with Gasteiger partial charge >= 0.3 is 0 Å². The lowest BCUT2D eigenvalue weighted by Crippen LogP contribution is -2.46. The van der Waals surface area contributed by atoms with E-state index in [-0.39, 0.29) is 5.91 Å². The summed E-state index contributed by atoms with van der Waals surface area (Å²) in [5.74, 6) is 0.0980. The molecule has 1 N–H and O–H groups in total. The van der Waals surface area contributed by atoms with E-state index in [0.29, 0.717) is 6.42 Å². The number of likely N-dealkylation sites (N-methyl/N-ethyl adjacent to an activating group) is 1. The molecule has 4 nitrogen and oxygen atoms in total. The molecule has 1 saturated heterocycles. The van der Waals surface area contributed by atoms with Gasteiger partial charge in [-0.25, -0.2) is 0 Å². The quantitative estimate of drug-likeness (QED) is 0.817. The average Bonchev–Trinajstić information content (AvgIpc) is 3.16. The van der Waals surface area contributed by atoms with Gasteiger partial charge in [-0.1, -0.05) is 13.0 Å². The van der Waals surface area contributed by atoms with Crippen molar-refractivity contribution in [3.05, 3.63) is 46.7 Å². The van der Waals surface area contributed by atoms with Crippen LogP contribution in [-0.4, -0.2) is 43.5 Å². The number of nitrogens with one attached hydrogen (secondary N) is 1. The smallest absolute Gasteiger partial charge is 0.224 e. The number of benzene rings is 1. The van der Waals surface area contributed by atoms with Crippen LogP contribution >= 0.6 is 11.3 Å². The minimum absolute atomic E-state index is 0.0980. The summed E-state index contributed by atoms with van der Waals surface area (Å²) in [5, 5.41) is 5.09. The first-order chi connectivity index (χ1) is 12.2. The van der Waals surface area contributed by atoms with E-state index >= 15 is 0 Å². The number of carbonyl (C=O) groups excluding carboxylic acids is 1. The highest BCUT2D eigenvalue weighted by atomic mass is 32.1. The van der Waals surface area contributed by atoms with Crippen molar-refractivity contribution in [1.29, 1.82) is 0 Å². The maximum absolute atomic E-state index is 12.1. The van der Waals surface area contributed by atoms with Crippen LogP contribution < -0.4 is 10.2 Å². The van der Waals surface area contributed by atoms with Crippen LogP contribution in [0.1, 0.15) is 24.6 Å². The van der Waals surface area contributed by atoms with Crippen molar-refractivity contribution in [2.75, 3.05) is 42.9 Å². The molecule has 1 amide bonds. The number of thiophene rings is 1. The van der Waals surface area contributed by atoms with Gasteiger partial charge < -0.3 is 15.1 Å². The number of amides is 1. The molecule has 0 aliphatic carbocycles. The zero-order chi connectivity index (χ0) is 17.5. The molecule has 0 unspecified atom stereocenters. The number of anilines is 2. The van der Waals surface area contributed by atoms with Crippen molar-refractivity contribution in [3.8, 4) is 0 Å². The third-order valence-electron chi connectivity index (χ3n) is 4.74. The Hall–Kier alpha value is -1.85. The highest BCUT2D eigenvalue weighted by Gasteiger charge is 2.15. The fraction of sp³-hybridized carbons (Fsp3) is 0.450. The summed E-state index contributed by atoms with van der Waals surface area (Å²) in [6, 6.07) is 12.4. The summed E-state index contributed by atoms with van der Waals surface area (Å²) in [6.07, 6.45) is 2.44. The first-order valence-corrected chi connectivity index (χ1v) is 10.0. The maximum Gasteiger partial charge on any atom is 0.224 e. The number of hydrogen-bond donors (Lipinski definition) is 1. The topological polar surface area (TPSA) is 35.6 Å². The largest absolute Gasteiger partial charge is 0.369 e. The molecule has 1 aromatic carbocycles. The summed E-state index contributed by atoms with van der Waals surface area (Å²) in [4.78, 5) is 18.3. The second-order valence-electron chi connectivity index (χ2n) is 6.45. The Labute approximate surface area is 154 Å². The fourth-order valence-electron chi connectivity index (χ4n) is 3.18. The number of piperazine rings is 1. The van der Waals surface area contributed by atoms with Crippen molar-refractivity contribution >= 4 is 28.6 Å². The fourth-order valence-corrected chi connectivity index (χ4v) is 3.93. The van der Waals surface area contributed by atoms with Crippen LogP contribution in [0.5, 0.6) is 0 Å². The first-order valence-electron chi connectivity index (χ1n) is 9.14. The molecule has 0 radical (unpaired) electrons. The third kappa shape index (κ3) is 5.31. The zero-order valence-corrected chi connectivity index (χ0v) is 15.7. The molecule has 0 saturated carbocycles. The van der Waals surface area contributed by atoms with E-state index in [4.69, 9.17) is 0 Å². The molecule has 1 fully saturated rings. The van der Waals surface area contributed by atoms with Crippen LogP contribution in [-0.2, 0) is 11.2 Å². The maximum atomic E-state index is 12.1. The van der Waals surface area contributed by atoms with Gasteiger partial charge in [0.15, 0.2) is 0 Å². The Morgan fingerprint density at radius 1 is 1.12 bits per heavy atom. The molecule has 25 heavy (non-hydrogen) atoms. The van der Waals surface area contributed by atoms with Crippen LogP contribution in [0.4, 0.5) is 11.4 Å². The normalized spacial score (nSPS) is 15.3. The minimum Gasteiger partial charge on any atom is -0.369 e. The number of rotatable bonds is 7. The van der Waals surface area contributed by atoms with E-state index in [1.807, 2.05) is 12.1 Å². The molecule has 0 spiro atoms. The molecule has 1 aromatic heterocycles. The Morgan fingerprint density at radius 3 is 2.52 bits per heavy atom. The zero-order valence-electron chi connectivity index (χ0n) is 14.9. The summed E-state index contributed by atoms with van der Waals surface area (Å²) >= 11 is 1.76. The van der Waals surface area contributed by atoms with Gasteiger partial charge in [-0.15, -0.1) is 11.3 Å². The number of aryl methyl sites for hydroxylation is 1. The minimum atomic E-state index is 0.0980. The van der Waals surface area contributed by atoms with Gasteiger partial charge in [-0.2, -0.15) is 0 Å². The highest BCUT2D eigenvalue weighted by Crippen LogP contribution is 2.20. The van der Waals surface area contributed by atoms with Crippen LogP contribution in [0.25, 0.3) is 0 Å². The molecule has 3 rings (SSSR count). The molecular formula is C20H27N3OS. The Morgan fingerprint density at radius 2 is 1.88 bits per heavy atom. The van der Waals surface area contributed by atoms with Crippen LogP contribution in [0.3, 0.4) is 0 Å². The Kier molecular flexibility index (Phi) is 6.48. The number of nitrogens with zero attached hydrogens (tertiary/aromatic N) is 2. The molecule has 1 aliphatic heterocycles. The van der Waals surface area contributed by atoms with Gasteiger partial charge in [0.1, 0.15) is 0 Å². The monoisotopic (exact) mass is 357 g/mol. The summed E-state index contributed by atoms with van der Waals surface area (Å²) in [7, 11) is 0. The predicted molar refractivity (Wildman–Crippen MR) is 107 cm³/mol. The van der Waals surface area contributed by atoms with E-state index in [1.54, 1.807) is 11.3 Å². The van der Waals surface area contributed by atoms with Gasteiger partial charge in [0.2, 0.25) is 5.91 Å². The van der Waals surface area contributed by atoms with Crippen molar-refractivity contribution in [2.24, 2.45) is 0 Å². The van der Waals surface area contributed by atoms with E-state index in [9.17, 15) is 4.79 Å². The summed E-state index contributed by atoms with van der Waals surface area (Å²) in [5.41, 5.74) is 2.13. The Balaban J connectivity index is 1.43. The lowest BCUT2D eigenvalue weighted by Gasteiger charge is -2.35. The van der Waals surface area contributed by atoms with Crippen molar-refractivity contribution in [2.45, 2.75) is 26.2 Å². The number of carbonyl (C=O) groups is 1. The summed E-state index contributed by atoms with van der Waals surface area (Å²) < 4.78 is 0. The van der Waals surface area contributed by atoms with Crippen molar-refractivity contribution in [1.82, 2.24) is 4.90 Å². The van der Waals surface area contributed by atoms with E-state index < -0.39 is 0 Å². The lowest BCUT2D eigenvalue weighted by atomic mass is 10.2. The van der Waals surface area contributed by atoms with Crippen molar-refractivity contribution in [3.63, 3.8) is 0 Å². The van der Waals surface area contributed by atoms with E-state index in [0.717, 1.165) is 51.3 Å². The van der Waals surface area contributed by atoms with Gasteiger partial charge in [0.25, 0.3) is 0 Å². The van der Waals surface area contributed by atoms with Gasteiger partial charge in [0, 0.05) is 48.9 Å². The number of hydrogen-bond acceptors (Lipinski definition) is 4. The predicted octanol–water partition coefficient (Wildman–Crippen LogP) is 3.85. The average molecular weight is 358 g/mol. The molecule has 134 valence electrons. The van der Waals surface area contributed by atoms with Crippen LogP contribution in [0, 0.1) is 0 Å². The standard InChI is InChI=1S/C20H27N3OS/c1-2-22-12-14-23(15-13-22)18-10-8-17(9-11-18)21-20(24)7-3-5-19-6-4-16-25-19/h4,6,8-11,16H,2-3,5,7,12-15H2,1H3,(H,21,24). The molecule has 0 bridgehead atoms. The van der Waals surface area contributed by atoms with Gasteiger partial charge in [-0.05, 0) is 55.1 Å². The SMILES string of the molecule is CCN1CCN(c2ccc(NC(=O)CCCc3cccs3)cc2)CC1. The highest BCUT2D eigenvalue weighted by molar-refractivity contribution is 7.09. The molecule has 1 aliphatic rings. The second-order valence-corrected chi connectivity index (χ2v) is 7.48. The summed E-state index contributed by atoms with van der Waals surface area (Å²) in [6.45, 7) is 7.74. The Bertz CT molecular complexity index is 646. The van der Waals surface area contributed by atoms with Gasteiger partial charge in [0.05, 0.1) is 0 Å². The van der Waals surface area contributed by atoms with Crippen LogP contribution in [0.2, 0.25) is 0 Å². The van der Waals surface area contributed by atoms with E-state index in [1.165, 1.54) is 10.6 Å². The van der Waals surface area contributed by atoms with E-state index in [2.05, 4.69) is 51.7 Å². The third-order valence-corrected chi connectivity index (χ3v) is 5.68. The first kappa shape index (κ1) is 18.0. The van der Waals surface area contributed by atoms with Gasteiger partial charge in [-0.3, -0.25) is 4.79 Å². The molecular weight excluding hydrogens is 330 g/mol. The second kappa shape index (κ2) is 9.02. The molecule has 0 atom stereocenters. The lowest BCUT2D eigenvalue weighted by molar-refractivity contribution is -0.116. The molecule has 5 heteroatoms. The molecule has 2 heterocycles. The molecule has 2 aromatic rings. The van der Waals surface area contributed by atoms with Crippen molar-refractivity contribution < 1.29 is 4.79 Å².